The van der Waals surface area contributed by atoms with Gasteiger partial charge in [0.05, 0.1) is 4.92 Å². The van der Waals surface area contributed by atoms with Gasteiger partial charge in [-0.3, -0.25) is 14.9 Å². The molecule has 0 N–H and O–H groups in total. The number of nitro groups is 1. The van der Waals surface area contributed by atoms with Crippen LogP contribution in [0.5, 0.6) is 0 Å². The van der Waals surface area contributed by atoms with Gasteiger partial charge < -0.3 is 0 Å². The number of hydrogen-bond acceptors (Lipinski definition) is 3. The van der Waals surface area contributed by atoms with E-state index in [0.29, 0.717) is 10.9 Å². The molecule has 0 aliphatic rings. The third-order valence-electron chi connectivity index (χ3n) is 2.49. The van der Waals surface area contributed by atoms with Gasteiger partial charge in [0, 0.05) is 28.9 Å². The van der Waals surface area contributed by atoms with Crippen LogP contribution in [0.1, 0.15) is 31.7 Å². The fourth-order valence-corrected chi connectivity index (χ4v) is 2.17. The van der Waals surface area contributed by atoms with Gasteiger partial charge in [0.2, 0.25) is 0 Å². The van der Waals surface area contributed by atoms with Gasteiger partial charge in [-0.1, -0.05) is 35.8 Å². The van der Waals surface area contributed by atoms with Crippen molar-refractivity contribution in [2.75, 3.05) is 0 Å². The van der Waals surface area contributed by atoms with Crippen molar-refractivity contribution in [1.82, 2.24) is 0 Å². The summed E-state index contributed by atoms with van der Waals surface area (Å²) in [6.45, 7) is 3.61. The Morgan fingerprint density at radius 3 is 2.62 bits per heavy atom. The van der Waals surface area contributed by atoms with Crippen LogP contribution >= 0.6 is 15.9 Å². The molecule has 5 heteroatoms. The van der Waals surface area contributed by atoms with E-state index in [1.165, 1.54) is 12.1 Å². The number of benzene rings is 1. The zero-order valence-corrected chi connectivity index (χ0v) is 10.7. The molecular formula is C11H12BrNO3. The van der Waals surface area contributed by atoms with Crippen molar-refractivity contribution in [3.05, 3.63) is 38.3 Å². The van der Waals surface area contributed by atoms with Crippen LogP contribution in [-0.4, -0.2) is 10.7 Å². The number of nitrogens with zero attached hydrogens (tertiary/aromatic N) is 1. The summed E-state index contributed by atoms with van der Waals surface area (Å²) in [7, 11) is 0. The van der Waals surface area contributed by atoms with E-state index in [4.69, 9.17) is 0 Å². The summed E-state index contributed by atoms with van der Waals surface area (Å²) in [6.07, 6.45) is 0.463. The van der Waals surface area contributed by atoms with Gasteiger partial charge in [-0.15, -0.1) is 0 Å². The van der Waals surface area contributed by atoms with Crippen molar-refractivity contribution in [3.63, 3.8) is 0 Å². The Morgan fingerprint density at radius 1 is 1.56 bits per heavy atom. The van der Waals surface area contributed by atoms with E-state index in [1.807, 2.05) is 0 Å². The Labute approximate surface area is 102 Å². The molecule has 0 amide bonds. The molecule has 1 atom stereocenters. The van der Waals surface area contributed by atoms with E-state index in [0.717, 1.165) is 5.56 Å². The van der Waals surface area contributed by atoms with Crippen LogP contribution in [0.15, 0.2) is 22.7 Å². The van der Waals surface area contributed by atoms with Crippen LogP contribution in [0.4, 0.5) is 5.69 Å². The molecule has 1 unspecified atom stereocenters. The predicted octanol–water partition coefficient (Wildman–Crippen LogP) is 3.44. The molecule has 0 aliphatic heterocycles. The first-order chi connectivity index (χ1) is 7.47. The summed E-state index contributed by atoms with van der Waals surface area (Å²) in [5, 5.41) is 10.5. The summed E-state index contributed by atoms with van der Waals surface area (Å²) in [5.41, 5.74) is 0.809. The summed E-state index contributed by atoms with van der Waals surface area (Å²) >= 11 is 3.26. The maximum Gasteiger partial charge on any atom is 0.270 e. The zero-order chi connectivity index (χ0) is 12.3. The standard InChI is InChI=1S/C11H12BrNO3/c1-3-11(14)7(2)9-5-4-8(13(15)16)6-10(9)12/h4-7H,3H2,1-2H3. The summed E-state index contributed by atoms with van der Waals surface area (Å²) in [5.74, 6) is -0.116. The highest BCUT2D eigenvalue weighted by molar-refractivity contribution is 9.10. The van der Waals surface area contributed by atoms with Crippen molar-refractivity contribution < 1.29 is 9.72 Å². The number of nitro benzene ring substituents is 1. The van der Waals surface area contributed by atoms with Crippen molar-refractivity contribution in [2.24, 2.45) is 0 Å². The monoisotopic (exact) mass is 285 g/mol. The molecule has 0 heterocycles. The minimum absolute atomic E-state index is 0.0202. The predicted molar refractivity (Wildman–Crippen MR) is 64.5 cm³/mol. The molecule has 0 fully saturated rings. The molecule has 0 aromatic heterocycles. The van der Waals surface area contributed by atoms with E-state index in [2.05, 4.69) is 15.9 Å². The molecule has 1 aromatic carbocycles. The number of carbonyl (C=O) groups is 1. The van der Waals surface area contributed by atoms with E-state index in [9.17, 15) is 14.9 Å². The first-order valence-electron chi connectivity index (χ1n) is 4.94. The zero-order valence-electron chi connectivity index (χ0n) is 9.07. The lowest BCUT2D eigenvalue weighted by Crippen LogP contribution is -2.08. The SMILES string of the molecule is CCC(=O)C(C)c1ccc([N+](=O)[O-])cc1Br. The molecule has 0 radical (unpaired) electrons. The van der Waals surface area contributed by atoms with Crippen molar-refractivity contribution in [1.29, 1.82) is 0 Å². The Kier molecular flexibility index (Phi) is 4.18. The maximum atomic E-state index is 11.5. The fourth-order valence-electron chi connectivity index (χ4n) is 1.46. The Bertz CT molecular complexity index is 431. The van der Waals surface area contributed by atoms with Crippen LogP contribution in [0.2, 0.25) is 0 Å². The molecule has 4 nitrogen and oxygen atoms in total. The van der Waals surface area contributed by atoms with Gasteiger partial charge in [0.15, 0.2) is 0 Å². The number of non-ortho nitro benzene ring substituents is 1. The highest BCUT2D eigenvalue weighted by atomic mass is 79.9. The molecule has 0 aliphatic carbocycles. The van der Waals surface area contributed by atoms with Crippen molar-refractivity contribution >= 4 is 27.4 Å². The number of rotatable bonds is 4. The second-order valence-electron chi connectivity index (χ2n) is 3.50. The van der Waals surface area contributed by atoms with E-state index < -0.39 is 4.92 Å². The molecule has 1 rings (SSSR count). The van der Waals surface area contributed by atoms with Gasteiger partial charge in [-0.05, 0) is 5.56 Å². The Balaban J connectivity index is 3.08. The van der Waals surface area contributed by atoms with E-state index in [-0.39, 0.29) is 17.4 Å². The normalized spacial score (nSPS) is 12.2. The van der Waals surface area contributed by atoms with Crippen LogP contribution < -0.4 is 0 Å². The van der Waals surface area contributed by atoms with Gasteiger partial charge in [0.1, 0.15) is 5.78 Å². The third-order valence-corrected chi connectivity index (χ3v) is 3.18. The van der Waals surface area contributed by atoms with Crippen molar-refractivity contribution in [2.45, 2.75) is 26.2 Å². The van der Waals surface area contributed by atoms with Crippen LogP contribution in [0, 0.1) is 10.1 Å². The summed E-state index contributed by atoms with van der Waals surface area (Å²) < 4.78 is 0.607. The summed E-state index contributed by atoms with van der Waals surface area (Å²) in [4.78, 5) is 21.6. The largest absolute Gasteiger partial charge is 0.299 e. The minimum atomic E-state index is -0.457. The Hall–Kier alpha value is -1.23. The quantitative estimate of drug-likeness (QED) is 0.629. The molecule has 86 valence electrons. The topological polar surface area (TPSA) is 60.2 Å². The molecule has 16 heavy (non-hydrogen) atoms. The highest BCUT2D eigenvalue weighted by Gasteiger charge is 2.18. The lowest BCUT2D eigenvalue weighted by atomic mass is 9.95. The van der Waals surface area contributed by atoms with Crippen LogP contribution in [-0.2, 0) is 4.79 Å². The Morgan fingerprint density at radius 2 is 2.19 bits per heavy atom. The second kappa shape index (κ2) is 5.21. The minimum Gasteiger partial charge on any atom is -0.299 e. The molecule has 0 saturated carbocycles. The first-order valence-corrected chi connectivity index (χ1v) is 5.73. The molecule has 0 bridgehead atoms. The fraction of sp³-hybridized carbons (Fsp3) is 0.364. The average Bonchev–Trinajstić information content (AvgIpc) is 2.26. The third kappa shape index (κ3) is 2.66. The number of halogens is 1. The first kappa shape index (κ1) is 12.8. The summed E-state index contributed by atoms with van der Waals surface area (Å²) in [6, 6.07) is 4.47. The number of Topliss-reactive ketones (excluding diaryl/α,β-unsaturated/α-hetero) is 1. The molecule has 1 aromatic rings. The second-order valence-corrected chi connectivity index (χ2v) is 4.36. The average molecular weight is 286 g/mol. The number of ketones is 1. The van der Waals surface area contributed by atoms with Crippen LogP contribution in [0.25, 0.3) is 0 Å². The van der Waals surface area contributed by atoms with Gasteiger partial charge in [0.25, 0.3) is 5.69 Å². The lowest BCUT2D eigenvalue weighted by Gasteiger charge is -2.11. The number of hydrogen-bond donors (Lipinski definition) is 0. The number of carbonyl (C=O) groups excluding carboxylic acids is 1. The van der Waals surface area contributed by atoms with Gasteiger partial charge in [-0.2, -0.15) is 0 Å². The van der Waals surface area contributed by atoms with E-state index in [1.54, 1.807) is 19.9 Å². The van der Waals surface area contributed by atoms with Crippen LogP contribution in [0.3, 0.4) is 0 Å². The van der Waals surface area contributed by atoms with Gasteiger partial charge >= 0.3 is 0 Å². The highest BCUT2D eigenvalue weighted by Crippen LogP contribution is 2.29. The smallest absolute Gasteiger partial charge is 0.270 e. The molecule has 0 saturated heterocycles. The lowest BCUT2D eigenvalue weighted by molar-refractivity contribution is -0.384. The molecular weight excluding hydrogens is 274 g/mol. The molecule has 0 spiro atoms. The van der Waals surface area contributed by atoms with Gasteiger partial charge in [-0.25, -0.2) is 0 Å². The maximum absolute atomic E-state index is 11.5. The van der Waals surface area contributed by atoms with E-state index >= 15 is 0 Å². The van der Waals surface area contributed by atoms with Crippen molar-refractivity contribution in [3.8, 4) is 0 Å².